The van der Waals surface area contributed by atoms with E-state index < -0.39 is 22.0 Å². The molecule has 118 valence electrons. The normalized spacial score (nSPS) is 12.8. The van der Waals surface area contributed by atoms with Gasteiger partial charge >= 0.3 is 5.97 Å². The van der Waals surface area contributed by atoms with Crippen LogP contribution in [0, 0.1) is 6.92 Å². The number of thiophene rings is 1. The van der Waals surface area contributed by atoms with Crippen LogP contribution in [-0.2, 0) is 14.8 Å². The molecule has 22 heavy (non-hydrogen) atoms. The number of sulfonamides is 1. The molecule has 0 radical (unpaired) electrons. The zero-order valence-corrected chi connectivity index (χ0v) is 13.6. The average Bonchev–Trinajstić information content (AvgIpc) is 2.92. The summed E-state index contributed by atoms with van der Waals surface area (Å²) in [5.74, 6) is -0.833. The predicted molar refractivity (Wildman–Crippen MR) is 82.7 cm³/mol. The van der Waals surface area contributed by atoms with Gasteiger partial charge in [0.05, 0.1) is 7.11 Å². The summed E-state index contributed by atoms with van der Waals surface area (Å²) in [7, 11) is -2.45. The molecule has 0 bridgehead atoms. The molecule has 0 saturated carbocycles. The van der Waals surface area contributed by atoms with Crippen molar-refractivity contribution in [1.82, 2.24) is 4.72 Å². The molecule has 1 atom stereocenters. The number of aryl methyl sites for hydroxylation is 1. The third-order valence-electron chi connectivity index (χ3n) is 2.93. The maximum atomic E-state index is 12.3. The van der Waals surface area contributed by atoms with Gasteiger partial charge < -0.3 is 9.84 Å². The summed E-state index contributed by atoms with van der Waals surface area (Å²) < 4.78 is 31.9. The molecule has 0 aliphatic carbocycles. The van der Waals surface area contributed by atoms with Crippen LogP contribution in [0.5, 0.6) is 5.75 Å². The van der Waals surface area contributed by atoms with E-state index >= 15 is 0 Å². The summed E-state index contributed by atoms with van der Waals surface area (Å²) in [4.78, 5) is 12.3. The molecule has 8 heteroatoms. The zero-order chi connectivity index (χ0) is 16.3. The van der Waals surface area contributed by atoms with E-state index in [0.29, 0.717) is 11.3 Å². The summed E-state index contributed by atoms with van der Waals surface area (Å²) in [6.07, 6.45) is 0. The molecule has 0 amide bonds. The Morgan fingerprint density at radius 2 is 2.05 bits per heavy atom. The Kier molecular flexibility index (Phi) is 4.84. The van der Waals surface area contributed by atoms with Crippen molar-refractivity contribution < 1.29 is 23.1 Å². The first-order valence-corrected chi connectivity index (χ1v) is 8.59. The number of ether oxygens (including phenoxy) is 1. The molecule has 6 nitrogen and oxygen atoms in total. The highest BCUT2D eigenvalue weighted by molar-refractivity contribution is 7.91. The lowest BCUT2D eigenvalue weighted by Crippen LogP contribution is -2.33. The number of nitrogens with one attached hydrogen (secondary N) is 1. The summed E-state index contributed by atoms with van der Waals surface area (Å²) in [5.41, 5.74) is 0.295. The van der Waals surface area contributed by atoms with E-state index in [-0.39, 0.29) is 4.21 Å². The average molecular weight is 341 g/mol. The van der Waals surface area contributed by atoms with E-state index in [1.807, 2.05) is 0 Å². The van der Waals surface area contributed by atoms with Gasteiger partial charge in [0.2, 0.25) is 0 Å². The van der Waals surface area contributed by atoms with Crippen molar-refractivity contribution >= 4 is 27.3 Å². The minimum Gasteiger partial charge on any atom is -0.497 e. The fraction of sp³-hybridized carbons (Fsp3) is 0.214. The van der Waals surface area contributed by atoms with Gasteiger partial charge in [-0.15, -0.1) is 11.3 Å². The molecule has 1 unspecified atom stereocenters. The summed E-state index contributed by atoms with van der Waals surface area (Å²) >= 11 is 1.08. The Bertz CT molecular complexity index is 782. The molecule has 2 rings (SSSR count). The Labute approximate surface area is 132 Å². The Balaban J connectivity index is 2.35. The lowest BCUT2D eigenvalue weighted by Gasteiger charge is -2.15. The molecule has 0 fully saturated rings. The van der Waals surface area contributed by atoms with Crippen LogP contribution in [0.25, 0.3) is 0 Å². The summed E-state index contributed by atoms with van der Waals surface area (Å²) in [6, 6.07) is 8.01. The van der Waals surface area contributed by atoms with E-state index in [4.69, 9.17) is 4.74 Å². The highest BCUT2D eigenvalue weighted by Gasteiger charge is 2.28. The van der Waals surface area contributed by atoms with Crippen molar-refractivity contribution in [2.45, 2.75) is 17.2 Å². The molecule has 1 aromatic heterocycles. The number of rotatable bonds is 6. The molecule has 0 aliphatic rings. The first-order valence-electron chi connectivity index (χ1n) is 6.29. The van der Waals surface area contributed by atoms with Crippen LogP contribution in [0.4, 0.5) is 0 Å². The summed E-state index contributed by atoms with van der Waals surface area (Å²) in [6.45, 7) is 1.78. The van der Waals surface area contributed by atoms with E-state index in [2.05, 4.69) is 4.72 Å². The number of hydrogen-bond donors (Lipinski definition) is 2. The van der Waals surface area contributed by atoms with Gasteiger partial charge in [-0.05, 0) is 36.8 Å². The van der Waals surface area contributed by atoms with Gasteiger partial charge in [-0.2, -0.15) is 4.72 Å². The quantitative estimate of drug-likeness (QED) is 0.840. The summed E-state index contributed by atoms with van der Waals surface area (Å²) in [5, 5.41) is 9.34. The molecule has 0 aliphatic heterocycles. The second-order valence-electron chi connectivity index (χ2n) is 4.53. The lowest BCUT2D eigenvalue weighted by molar-refractivity contribution is -0.139. The van der Waals surface area contributed by atoms with Crippen LogP contribution >= 0.6 is 11.3 Å². The molecule has 2 aromatic rings. The van der Waals surface area contributed by atoms with E-state index in [1.54, 1.807) is 25.1 Å². The van der Waals surface area contributed by atoms with Crippen molar-refractivity contribution in [2.75, 3.05) is 7.11 Å². The second-order valence-corrected chi connectivity index (χ2v) is 7.76. The minimum absolute atomic E-state index is 0.0825. The maximum Gasteiger partial charge on any atom is 0.326 e. The van der Waals surface area contributed by atoms with Crippen LogP contribution in [0.1, 0.15) is 16.5 Å². The second kappa shape index (κ2) is 6.47. The molecular formula is C14H15NO5S2. The number of hydrogen-bond acceptors (Lipinski definition) is 5. The predicted octanol–water partition coefficient (Wildman–Crippen LogP) is 2.17. The number of carboxylic acid groups (broad SMARTS) is 1. The van der Waals surface area contributed by atoms with E-state index in [0.717, 1.165) is 16.2 Å². The minimum atomic E-state index is -3.90. The van der Waals surface area contributed by atoms with Crippen molar-refractivity contribution in [3.05, 3.63) is 46.8 Å². The molecular weight excluding hydrogens is 326 g/mol. The lowest BCUT2D eigenvalue weighted by atomic mass is 10.1. The van der Waals surface area contributed by atoms with Gasteiger partial charge in [0.15, 0.2) is 0 Å². The van der Waals surface area contributed by atoms with Crippen molar-refractivity contribution in [2.24, 2.45) is 0 Å². The number of carboxylic acids is 1. The monoisotopic (exact) mass is 341 g/mol. The van der Waals surface area contributed by atoms with Crippen molar-refractivity contribution in [3.8, 4) is 5.75 Å². The standard InChI is InChI=1S/C14H15NO5S2/c1-9-6-7-12(21-9)22(18,19)15-13(14(16)17)10-4-3-5-11(8-10)20-2/h3-8,13,15H,1-2H3,(H,16,17). The third kappa shape index (κ3) is 3.65. The Morgan fingerprint density at radius 1 is 1.32 bits per heavy atom. The fourth-order valence-electron chi connectivity index (χ4n) is 1.85. The van der Waals surface area contributed by atoms with Gasteiger partial charge in [-0.1, -0.05) is 12.1 Å². The van der Waals surface area contributed by atoms with Crippen molar-refractivity contribution in [1.29, 1.82) is 0 Å². The van der Waals surface area contributed by atoms with Gasteiger partial charge in [-0.25, -0.2) is 8.42 Å². The molecule has 0 spiro atoms. The van der Waals surface area contributed by atoms with E-state index in [9.17, 15) is 18.3 Å². The van der Waals surface area contributed by atoms with Gasteiger partial charge in [0, 0.05) is 4.88 Å². The number of carbonyl (C=O) groups is 1. The zero-order valence-electron chi connectivity index (χ0n) is 11.9. The van der Waals surface area contributed by atoms with Crippen LogP contribution in [0.3, 0.4) is 0 Å². The Morgan fingerprint density at radius 3 is 2.59 bits per heavy atom. The number of aliphatic carboxylic acids is 1. The van der Waals surface area contributed by atoms with Crippen LogP contribution < -0.4 is 9.46 Å². The highest BCUT2D eigenvalue weighted by Crippen LogP contribution is 2.25. The van der Waals surface area contributed by atoms with Crippen LogP contribution in [-0.4, -0.2) is 26.6 Å². The molecule has 2 N–H and O–H groups in total. The van der Waals surface area contributed by atoms with Crippen molar-refractivity contribution in [3.63, 3.8) is 0 Å². The first kappa shape index (κ1) is 16.5. The van der Waals surface area contributed by atoms with E-state index in [1.165, 1.54) is 25.3 Å². The molecule has 1 aromatic carbocycles. The van der Waals surface area contributed by atoms with Gasteiger partial charge in [-0.3, -0.25) is 4.79 Å². The number of benzene rings is 1. The van der Waals surface area contributed by atoms with Crippen LogP contribution in [0.2, 0.25) is 0 Å². The SMILES string of the molecule is COc1cccc(C(NS(=O)(=O)c2ccc(C)s2)C(=O)O)c1. The third-order valence-corrected chi connectivity index (χ3v) is 5.84. The highest BCUT2D eigenvalue weighted by atomic mass is 32.2. The smallest absolute Gasteiger partial charge is 0.326 e. The maximum absolute atomic E-state index is 12.3. The Hall–Kier alpha value is -1.90. The fourth-order valence-corrected chi connectivity index (χ4v) is 4.33. The van der Waals surface area contributed by atoms with Gasteiger partial charge in [0.1, 0.15) is 16.0 Å². The number of methoxy groups -OCH3 is 1. The topological polar surface area (TPSA) is 92.7 Å². The molecule has 1 heterocycles. The first-order chi connectivity index (χ1) is 10.3. The van der Waals surface area contributed by atoms with Crippen LogP contribution in [0.15, 0.2) is 40.6 Å². The van der Waals surface area contributed by atoms with Gasteiger partial charge in [0.25, 0.3) is 10.0 Å². The largest absolute Gasteiger partial charge is 0.497 e. The molecule has 0 saturated heterocycles.